The second-order valence-corrected chi connectivity index (χ2v) is 23.5. The van der Waals surface area contributed by atoms with Crippen molar-refractivity contribution in [3.8, 4) is 0 Å². The van der Waals surface area contributed by atoms with E-state index in [-0.39, 0.29) is 18.5 Å². The van der Waals surface area contributed by atoms with E-state index in [1.54, 1.807) is 6.08 Å². The molecule has 440 valence electrons. The third-order valence-electron chi connectivity index (χ3n) is 16.1. The maximum absolute atomic E-state index is 12.4. The summed E-state index contributed by atoms with van der Waals surface area (Å²) in [4.78, 5) is 24.5. The highest BCUT2D eigenvalue weighted by Gasteiger charge is 2.18. The lowest BCUT2D eigenvalue weighted by Gasteiger charge is -2.20. The molecule has 6 nitrogen and oxygen atoms in total. The number of amides is 1. The van der Waals surface area contributed by atoms with E-state index in [2.05, 4.69) is 19.2 Å². The molecular weight excluding hydrogens is 911 g/mol. The van der Waals surface area contributed by atoms with Crippen molar-refractivity contribution in [3.05, 3.63) is 12.2 Å². The first-order chi connectivity index (χ1) is 36.5. The van der Waals surface area contributed by atoms with Gasteiger partial charge in [0.2, 0.25) is 5.91 Å². The number of carbonyl (C=O) groups excluding carboxylic acids is 2. The molecule has 2 unspecified atom stereocenters. The zero-order valence-corrected chi connectivity index (χ0v) is 50.4. The average molecular weight is 1040 g/mol. The number of unbranched alkanes of at least 4 members (excludes halogenated alkanes) is 53. The van der Waals surface area contributed by atoms with Gasteiger partial charge in [0.25, 0.3) is 0 Å². The Balaban J connectivity index is 3.31. The molecule has 0 spiro atoms. The van der Waals surface area contributed by atoms with Crippen LogP contribution in [-0.2, 0) is 14.3 Å². The Morgan fingerprint density at radius 1 is 0.365 bits per heavy atom. The molecule has 0 saturated heterocycles. The molecule has 0 fully saturated rings. The predicted octanol–water partition coefficient (Wildman–Crippen LogP) is 21.6. The molecule has 6 heteroatoms. The van der Waals surface area contributed by atoms with Gasteiger partial charge in [0.15, 0.2) is 0 Å². The predicted molar refractivity (Wildman–Crippen MR) is 324 cm³/mol. The fraction of sp³-hybridized carbons (Fsp3) is 0.941. The van der Waals surface area contributed by atoms with Gasteiger partial charge >= 0.3 is 5.97 Å². The lowest BCUT2D eigenvalue weighted by atomic mass is 10.0. The number of carbonyl (C=O) groups is 2. The molecule has 0 radical (unpaired) electrons. The minimum atomic E-state index is -0.840. The molecule has 0 aromatic rings. The minimum absolute atomic E-state index is 0.0232. The summed E-state index contributed by atoms with van der Waals surface area (Å²) in [7, 11) is 0. The van der Waals surface area contributed by atoms with Gasteiger partial charge in [-0.3, -0.25) is 9.59 Å². The van der Waals surface area contributed by atoms with Gasteiger partial charge < -0.3 is 20.3 Å². The van der Waals surface area contributed by atoms with E-state index in [0.29, 0.717) is 19.4 Å². The van der Waals surface area contributed by atoms with Crippen LogP contribution in [0.3, 0.4) is 0 Å². The highest BCUT2D eigenvalue weighted by atomic mass is 16.5. The zero-order valence-electron chi connectivity index (χ0n) is 50.4. The standard InChI is InChI=1S/C68H133NO5/c1-3-5-7-9-11-13-15-16-17-18-28-32-35-38-42-46-50-54-58-62-68(73)74-63-59-55-51-47-43-39-36-33-30-27-25-23-21-19-20-22-24-26-29-31-34-37-41-45-49-53-57-61-67(72)69-65(64-70)66(71)60-56-52-48-44-40-14-12-10-8-6-4-2/h56,60,65-66,70-71H,3-55,57-59,61-64H2,1-2H3,(H,69,72)/b60-56+. The summed E-state index contributed by atoms with van der Waals surface area (Å²) in [5.74, 6) is -0.0414. The Labute approximate surface area is 463 Å². The molecule has 0 bridgehead atoms. The first-order valence-electron chi connectivity index (χ1n) is 34.0. The van der Waals surface area contributed by atoms with Gasteiger partial charge in [0, 0.05) is 12.8 Å². The van der Waals surface area contributed by atoms with Gasteiger partial charge in [0.1, 0.15) is 0 Å². The number of esters is 1. The lowest BCUT2D eigenvalue weighted by molar-refractivity contribution is -0.143. The second-order valence-electron chi connectivity index (χ2n) is 23.5. The molecule has 0 aromatic carbocycles. The fourth-order valence-corrected chi connectivity index (χ4v) is 10.9. The highest BCUT2D eigenvalue weighted by Crippen LogP contribution is 2.19. The van der Waals surface area contributed by atoms with Crippen molar-refractivity contribution in [2.45, 2.75) is 398 Å². The molecule has 1 amide bonds. The Morgan fingerprint density at radius 2 is 0.622 bits per heavy atom. The van der Waals surface area contributed by atoms with E-state index >= 15 is 0 Å². The van der Waals surface area contributed by atoms with E-state index < -0.39 is 12.1 Å². The number of allylic oxidation sites excluding steroid dienone is 1. The topological polar surface area (TPSA) is 95.9 Å². The van der Waals surface area contributed by atoms with E-state index in [4.69, 9.17) is 4.74 Å². The number of hydrogen-bond acceptors (Lipinski definition) is 5. The second kappa shape index (κ2) is 64.1. The number of nitrogens with one attached hydrogen (secondary N) is 1. The first kappa shape index (κ1) is 72.6. The van der Waals surface area contributed by atoms with Crippen LogP contribution in [0.25, 0.3) is 0 Å². The van der Waals surface area contributed by atoms with E-state index in [0.717, 1.165) is 38.5 Å². The van der Waals surface area contributed by atoms with Gasteiger partial charge in [-0.1, -0.05) is 353 Å². The van der Waals surface area contributed by atoms with Crippen LogP contribution in [0.4, 0.5) is 0 Å². The average Bonchev–Trinajstić information content (AvgIpc) is 3.40. The molecule has 0 saturated carbocycles. The summed E-state index contributed by atoms with van der Waals surface area (Å²) in [6, 6.07) is -0.623. The molecule has 74 heavy (non-hydrogen) atoms. The highest BCUT2D eigenvalue weighted by molar-refractivity contribution is 5.76. The minimum Gasteiger partial charge on any atom is -0.466 e. The zero-order chi connectivity index (χ0) is 53.6. The van der Waals surface area contributed by atoms with Gasteiger partial charge in [-0.25, -0.2) is 0 Å². The Morgan fingerprint density at radius 3 is 0.919 bits per heavy atom. The van der Waals surface area contributed by atoms with Crippen LogP contribution >= 0.6 is 0 Å². The fourth-order valence-electron chi connectivity index (χ4n) is 10.9. The summed E-state index contributed by atoms with van der Waals surface area (Å²) in [5, 5.41) is 23.0. The smallest absolute Gasteiger partial charge is 0.305 e. The van der Waals surface area contributed by atoms with Crippen molar-refractivity contribution in [3.63, 3.8) is 0 Å². The van der Waals surface area contributed by atoms with Crippen molar-refractivity contribution in [1.82, 2.24) is 5.32 Å². The summed E-state index contributed by atoms with van der Waals surface area (Å²) in [6.45, 7) is 4.93. The van der Waals surface area contributed by atoms with E-state index in [1.807, 2.05) is 6.08 Å². The van der Waals surface area contributed by atoms with Crippen LogP contribution in [0.5, 0.6) is 0 Å². The SMILES string of the molecule is CCCCCCCCCCC/C=C/C(O)C(CO)NC(=O)CCCCCCCCCCCCCCCCCCCCCCCCCCCCCOC(=O)CCCCCCCCCCCCCCCCCCCCC. The molecule has 3 N–H and O–H groups in total. The van der Waals surface area contributed by atoms with Crippen LogP contribution in [0, 0.1) is 0 Å². The first-order valence-corrected chi connectivity index (χ1v) is 34.0. The third-order valence-corrected chi connectivity index (χ3v) is 16.1. The number of aliphatic hydroxyl groups excluding tert-OH is 2. The Bertz CT molecular complexity index is 1110. The van der Waals surface area contributed by atoms with Crippen LogP contribution in [0.2, 0.25) is 0 Å². The van der Waals surface area contributed by atoms with Crippen molar-refractivity contribution in [2.75, 3.05) is 13.2 Å². The molecule has 0 aliphatic heterocycles. The summed E-state index contributed by atoms with van der Waals surface area (Å²) >= 11 is 0. The van der Waals surface area contributed by atoms with Crippen molar-refractivity contribution < 1.29 is 24.5 Å². The van der Waals surface area contributed by atoms with Gasteiger partial charge in [-0.2, -0.15) is 0 Å². The molecule has 0 aliphatic carbocycles. The Hall–Kier alpha value is -1.40. The van der Waals surface area contributed by atoms with Crippen LogP contribution in [0.1, 0.15) is 386 Å². The maximum atomic E-state index is 12.4. The maximum Gasteiger partial charge on any atom is 0.305 e. The summed E-state index contributed by atoms with van der Waals surface area (Å²) in [6.07, 6.45) is 78.6. The lowest BCUT2D eigenvalue weighted by Crippen LogP contribution is -2.45. The normalized spacial score (nSPS) is 12.5. The third kappa shape index (κ3) is 59.8. The molecule has 0 aliphatic rings. The monoisotopic (exact) mass is 1040 g/mol. The molecular formula is C68H133NO5. The van der Waals surface area contributed by atoms with Crippen molar-refractivity contribution in [2.24, 2.45) is 0 Å². The summed E-state index contributed by atoms with van der Waals surface area (Å²) in [5.41, 5.74) is 0. The van der Waals surface area contributed by atoms with Crippen LogP contribution in [-0.4, -0.2) is 47.4 Å². The molecule has 2 atom stereocenters. The van der Waals surface area contributed by atoms with Gasteiger partial charge in [-0.15, -0.1) is 0 Å². The van der Waals surface area contributed by atoms with Crippen LogP contribution < -0.4 is 5.32 Å². The largest absolute Gasteiger partial charge is 0.466 e. The number of ether oxygens (including phenoxy) is 1. The number of rotatable bonds is 64. The van der Waals surface area contributed by atoms with E-state index in [1.165, 1.54) is 321 Å². The van der Waals surface area contributed by atoms with E-state index in [9.17, 15) is 19.8 Å². The van der Waals surface area contributed by atoms with Gasteiger partial charge in [0.05, 0.1) is 25.4 Å². The number of hydrogen-bond donors (Lipinski definition) is 3. The molecule has 0 heterocycles. The van der Waals surface area contributed by atoms with Crippen LogP contribution in [0.15, 0.2) is 12.2 Å². The molecule has 0 aromatic heterocycles. The Kier molecular flexibility index (Phi) is 62.9. The van der Waals surface area contributed by atoms with Crippen molar-refractivity contribution in [1.29, 1.82) is 0 Å². The molecule has 0 rings (SSSR count). The summed E-state index contributed by atoms with van der Waals surface area (Å²) < 4.78 is 5.51. The quantitative estimate of drug-likeness (QED) is 0.0320. The van der Waals surface area contributed by atoms with Crippen molar-refractivity contribution >= 4 is 11.9 Å². The van der Waals surface area contributed by atoms with Gasteiger partial charge in [-0.05, 0) is 32.1 Å². The number of aliphatic hydroxyl groups is 2.